The second-order valence-corrected chi connectivity index (χ2v) is 8.14. The molecule has 158 valence electrons. The highest BCUT2D eigenvalue weighted by atomic mass is 19.1. The smallest absolute Gasteiger partial charge is 0.256 e. The van der Waals surface area contributed by atoms with E-state index in [0.717, 1.165) is 32.7 Å². The van der Waals surface area contributed by atoms with Crippen LogP contribution in [-0.2, 0) is 6.54 Å². The summed E-state index contributed by atoms with van der Waals surface area (Å²) in [6.45, 7) is 7.21. The van der Waals surface area contributed by atoms with E-state index in [4.69, 9.17) is 0 Å². The summed E-state index contributed by atoms with van der Waals surface area (Å²) in [5.41, 5.74) is 0.823. The number of quaternary nitrogens is 2. The Morgan fingerprint density at radius 2 is 1.97 bits per heavy atom. The van der Waals surface area contributed by atoms with Gasteiger partial charge in [-0.2, -0.15) is 0 Å². The topological polar surface area (TPSA) is 63.2 Å². The molecule has 0 spiro atoms. The predicted molar refractivity (Wildman–Crippen MR) is 113 cm³/mol. The molecule has 1 aliphatic rings. The zero-order valence-corrected chi connectivity index (χ0v) is 17.8. The van der Waals surface area contributed by atoms with Gasteiger partial charge in [-0.3, -0.25) is 9.59 Å². The van der Waals surface area contributed by atoms with Crippen molar-refractivity contribution in [2.45, 2.75) is 13.5 Å². The van der Waals surface area contributed by atoms with Crippen molar-refractivity contribution in [2.24, 2.45) is 0 Å². The third kappa shape index (κ3) is 4.59. The Kier molecular flexibility index (Phi) is 6.54. The average Bonchev–Trinajstić information content (AvgIpc) is 2.68. The fourth-order valence-electron chi connectivity index (χ4n) is 3.72. The molecule has 1 aromatic carbocycles. The number of likely N-dealkylation sites (N-methyl/N-ethyl adjacent to an activating group) is 2. The van der Waals surface area contributed by atoms with Crippen LogP contribution in [0.2, 0.25) is 0 Å². The number of piperazine rings is 1. The number of benzene rings is 1. The van der Waals surface area contributed by atoms with Crippen LogP contribution in [0.3, 0.4) is 0 Å². The van der Waals surface area contributed by atoms with Crippen LogP contribution in [0.15, 0.2) is 23.1 Å². The van der Waals surface area contributed by atoms with Crippen molar-refractivity contribution in [3.63, 3.8) is 0 Å². The lowest BCUT2D eigenvalue weighted by Crippen LogP contribution is -3.12. The molecule has 0 saturated carbocycles. The number of anilines is 1. The zero-order chi connectivity index (χ0) is 21.1. The molecule has 3 N–H and O–H groups in total. The number of carbonyl (C=O) groups is 1. The zero-order valence-electron chi connectivity index (χ0n) is 17.8. The summed E-state index contributed by atoms with van der Waals surface area (Å²) < 4.78 is 16.8. The lowest BCUT2D eigenvalue weighted by molar-refractivity contribution is -0.880. The number of halogens is 1. The molecule has 0 radical (unpaired) electrons. The fraction of sp³-hybridized carbons (Fsp3) is 0.524. The summed E-state index contributed by atoms with van der Waals surface area (Å²) in [6, 6.07) is 3.05. The van der Waals surface area contributed by atoms with Gasteiger partial charge in [-0.15, -0.1) is 0 Å². The third-order valence-corrected chi connectivity index (χ3v) is 5.60. The number of fused-ring (bicyclic) bond motifs is 1. The first-order valence-corrected chi connectivity index (χ1v) is 10.3. The lowest BCUT2D eigenvalue weighted by Gasteiger charge is -2.32. The molecule has 1 amide bonds. The number of nitrogens with one attached hydrogen (secondary N) is 3. The molecular weight excluding hydrogens is 373 g/mol. The number of hydrogen-bond acceptors (Lipinski definition) is 3. The predicted octanol–water partition coefficient (Wildman–Crippen LogP) is -1.63. The van der Waals surface area contributed by atoms with Gasteiger partial charge in [0.25, 0.3) is 5.91 Å². The molecule has 2 aromatic rings. The summed E-state index contributed by atoms with van der Waals surface area (Å²) in [5, 5.41) is 3.04. The minimum atomic E-state index is -0.423. The van der Waals surface area contributed by atoms with Gasteiger partial charge in [0.2, 0.25) is 5.43 Å². The van der Waals surface area contributed by atoms with E-state index in [1.807, 2.05) is 30.5 Å². The second kappa shape index (κ2) is 8.92. The minimum absolute atomic E-state index is 0.0588. The molecule has 7 nitrogen and oxygen atoms in total. The highest BCUT2D eigenvalue weighted by Gasteiger charge is 2.22. The van der Waals surface area contributed by atoms with Gasteiger partial charge < -0.3 is 24.6 Å². The Labute approximate surface area is 170 Å². The summed E-state index contributed by atoms with van der Waals surface area (Å²) in [5.74, 6) is -0.822. The van der Waals surface area contributed by atoms with Gasteiger partial charge in [-0.05, 0) is 19.1 Å². The normalized spacial score (nSPS) is 15.3. The maximum Gasteiger partial charge on any atom is 0.256 e. The summed E-state index contributed by atoms with van der Waals surface area (Å²) in [4.78, 5) is 30.2. The number of rotatable bonds is 6. The molecule has 1 aliphatic heterocycles. The molecule has 2 heterocycles. The van der Waals surface area contributed by atoms with Crippen LogP contribution in [0.4, 0.5) is 10.1 Å². The monoisotopic (exact) mass is 405 g/mol. The van der Waals surface area contributed by atoms with Crippen molar-refractivity contribution in [2.75, 3.05) is 65.3 Å². The summed E-state index contributed by atoms with van der Waals surface area (Å²) >= 11 is 0. The van der Waals surface area contributed by atoms with E-state index in [1.165, 1.54) is 15.9 Å². The first-order valence-electron chi connectivity index (χ1n) is 10.3. The van der Waals surface area contributed by atoms with E-state index in [0.29, 0.717) is 24.3 Å². The molecule has 29 heavy (non-hydrogen) atoms. The van der Waals surface area contributed by atoms with Crippen LogP contribution < -0.4 is 25.4 Å². The van der Waals surface area contributed by atoms with Gasteiger partial charge in [-0.1, -0.05) is 0 Å². The van der Waals surface area contributed by atoms with Crippen LogP contribution in [0, 0.1) is 5.82 Å². The van der Waals surface area contributed by atoms with Crippen LogP contribution in [0.1, 0.15) is 17.3 Å². The van der Waals surface area contributed by atoms with E-state index < -0.39 is 17.2 Å². The Morgan fingerprint density at radius 1 is 1.28 bits per heavy atom. The van der Waals surface area contributed by atoms with Crippen molar-refractivity contribution < 1.29 is 19.0 Å². The number of pyridine rings is 1. The number of aryl methyl sites for hydroxylation is 1. The van der Waals surface area contributed by atoms with E-state index in [2.05, 4.69) is 12.4 Å². The Balaban J connectivity index is 1.99. The van der Waals surface area contributed by atoms with Gasteiger partial charge >= 0.3 is 0 Å². The van der Waals surface area contributed by atoms with Gasteiger partial charge in [0.15, 0.2) is 0 Å². The quantitative estimate of drug-likeness (QED) is 0.541. The SMILES string of the molecule is CCn1cc(C(=O)NCC[NH+](C)C)c(=O)c2cc(F)c(N3CC[NH+](C)CC3)cc21. The van der Waals surface area contributed by atoms with Crippen molar-refractivity contribution in [3.8, 4) is 0 Å². The van der Waals surface area contributed by atoms with Gasteiger partial charge in [0.1, 0.15) is 11.4 Å². The Hall–Kier alpha value is -2.45. The number of carbonyl (C=O) groups excluding carboxylic acids is 1. The molecular formula is C21H32FN5O2+2. The molecule has 1 aromatic heterocycles. The molecule has 0 atom stereocenters. The van der Waals surface area contributed by atoms with Crippen molar-refractivity contribution in [1.29, 1.82) is 0 Å². The first-order chi connectivity index (χ1) is 13.8. The second-order valence-electron chi connectivity index (χ2n) is 8.14. The minimum Gasteiger partial charge on any atom is -0.358 e. The molecule has 1 saturated heterocycles. The molecule has 0 aliphatic carbocycles. The van der Waals surface area contributed by atoms with E-state index in [9.17, 15) is 14.0 Å². The standard InChI is InChI=1S/C21H30FN5O2/c1-5-26-14-16(21(29)23-6-7-24(2)3)20(28)15-12-17(22)19(13-18(15)26)27-10-8-25(4)9-11-27/h12-14H,5-11H2,1-4H3,(H,23,29)/p+2. The van der Waals surface area contributed by atoms with Crippen LogP contribution in [-0.4, -0.2) is 70.9 Å². The first kappa shape index (κ1) is 21.3. The molecule has 1 fully saturated rings. The third-order valence-electron chi connectivity index (χ3n) is 5.60. The van der Waals surface area contributed by atoms with Gasteiger partial charge in [-0.25, -0.2) is 4.39 Å². The van der Waals surface area contributed by atoms with Crippen molar-refractivity contribution in [3.05, 3.63) is 39.9 Å². The largest absolute Gasteiger partial charge is 0.358 e. The van der Waals surface area contributed by atoms with Gasteiger partial charge in [0, 0.05) is 18.1 Å². The van der Waals surface area contributed by atoms with Crippen LogP contribution in [0.25, 0.3) is 10.9 Å². The molecule has 8 heteroatoms. The lowest BCUT2D eigenvalue weighted by atomic mass is 10.1. The Morgan fingerprint density at radius 3 is 2.59 bits per heavy atom. The highest BCUT2D eigenvalue weighted by Crippen LogP contribution is 2.25. The van der Waals surface area contributed by atoms with Crippen LogP contribution >= 0.6 is 0 Å². The summed E-state index contributed by atoms with van der Waals surface area (Å²) in [7, 11) is 6.12. The molecule has 0 unspecified atom stereocenters. The van der Waals surface area contributed by atoms with E-state index in [1.54, 1.807) is 12.3 Å². The number of amides is 1. The Bertz CT molecular complexity index is 948. The van der Waals surface area contributed by atoms with Crippen molar-refractivity contribution in [1.82, 2.24) is 9.88 Å². The number of nitrogens with zero attached hydrogens (tertiary/aromatic N) is 2. The summed E-state index contributed by atoms with van der Waals surface area (Å²) in [6.07, 6.45) is 1.60. The maximum atomic E-state index is 14.9. The molecule has 0 bridgehead atoms. The fourth-order valence-corrected chi connectivity index (χ4v) is 3.72. The maximum absolute atomic E-state index is 14.9. The number of hydrogen-bond donors (Lipinski definition) is 3. The van der Waals surface area contributed by atoms with Gasteiger partial charge in [0.05, 0.1) is 71.6 Å². The molecule has 3 rings (SSSR count). The van der Waals surface area contributed by atoms with Crippen molar-refractivity contribution >= 4 is 22.5 Å². The highest BCUT2D eigenvalue weighted by molar-refractivity contribution is 5.97. The van der Waals surface area contributed by atoms with Crippen LogP contribution in [0.5, 0.6) is 0 Å². The van der Waals surface area contributed by atoms with E-state index >= 15 is 0 Å². The average molecular weight is 406 g/mol. The van der Waals surface area contributed by atoms with E-state index in [-0.39, 0.29) is 10.9 Å². The number of aromatic nitrogens is 1.